The van der Waals surface area contributed by atoms with E-state index in [0.717, 1.165) is 12.8 Å². The van der Waals surface area contributed by atoms with Gasteiger partial charge in [-0.2, -0.15) is 0 Å². The molecule has 3 saturated heterocycles. The number of fused-ring (bicyclic) bond motifs is 4. The van der Waals surface area contributed by atoms with Crippen molar-refractivity contribution in [3.05, 3.63) is 0 Å². The van der Waals surface area contributed by atoms with Crippen LogP contribution in [0.25, 0.3) is 0 Å². The van der Waals surface area contributed by atoms with Crippen molar-refractivity contribution < 1.29 is 14.3 Å². The molecule has 2 unspecified atom stereocenters. The highest BCUT2D eigenvalue weighted by Crippen LogP contribution is 2.42. The van der Waals surface area contributed by atoms with Gasteiger partial charge in [0, 0.05) is 0 Å². The molecule has 13 heavy (non-hydrogen) atoms. The predicted octanol–water partition coefficient (Wildman–Crippen LogP) is 1.51. The van der Waals surface area contributed by atoms with E-state index in [1.807, 2.05) is 20.8 Å². The Balaban J connectivity index is 2.35. The van der Waals surface area contributed by atoms with Gasteiger partial charge in [-0.05, 0) is 33.6 Å². The number of ether oxygens (including phenoxy) is 2. The van der Waals surface area contributed by atoms with Crippen LogP contribution in [0.2, 0.25) is 0 Å². The third-order valence-electron chi connectivity index (χ3n) is 3.11. The second-order valence-electron chi connectivity index (χ2n) is 4.85. The van der Waals surface area contributed by atoms with Crippen molar-refractivity contribution in [2.45, 2.75) is 44.8 Å². The molecular formula is C10H16O3. The molecule has 3 nitrogen and oxygen atoms in total. The van der Waals surface area contributed by atoms with Crippen molar-refractivity contribution in [1.82, 2.24) is 0 Å². The zero-order chi connectivity index (χ0) is 9.69. The second-order valence-corrected chi connectivity index (χ2v) is 4.85. The van der Waals surface area contributed by atoms with E-state index in [-0.39, 0.29) is 23.1 Å². The molecule has 3 heterocycles. The average molecular weight is 184 g/mol. The predicted molar refractivity (Wildman–Crippen MR) is 47.3 cm³/mol. The number of esters is 1. The van der Waals surface area contributed by atoms with Crippen LogP contribution in [0, 0.1) is 5.92 Å². The normalized spacial score (nSPS) is 42.7. The summed E-state index contributed by atoms with van der Waals surface area (Å²) in [7, 11) is 0. The fourth-order valence-electron chi connectivity index (χ4n) is 2.38. The van der Waals surface area contributed by atoms with Crippen LogP contribution < -0.4 is 0 Å². The van der Waals surface area contributed by atoms with E-state index in [1.54, 1.807) is 0 Å². The van der Waals surface area contributed by atoms with Gasteiger partial charge in [0.2, 0.25) is 0 Å². The molecule has 74 valence electrons. The first-order valence-corrected chi connectivity index (χ1v) is 4.80. The molecule has 3 rings (SSSR count). The van der Waals surface area contributed by atoms with Crippen LogP contribution in [0.1, 0.15) is 33.6 Å². The van der Waals surface area contributed by atoms with Crippen LogP contribution in [-0.2, 0) is 14.3 Å². The molecule has 0 N–H and O–H groups in total. The van der Waals surface area contributed by atoms with Crippen molar-refractivity contribution in [1.29, 1.82) is 0 Å². The van der Waals surface area contributed by atoms with E-state index in [4.69, 9.17) is 9.47 Å². The lowest BCUT2D eigenvalue weighted by Crippen LogP contribution is -2.49. The van der Waals surface area contributed by atoms with E-state index < -0.39 is 0 Å². The van der Waals surface area contributed by atoms with Gasteiger partial charge in [-0.1, -0.05) is 0 Å². The van der Waals surface area contributed by atoms with Gasteiger partial charge in [0.15, 0.2) is 0 Å². The molecule has 0 saturated carbocycles. The third kappa shape index (κ3) is 1.35. The molecule has 0 radical (unpaired) electrons. The van der Waals surface area contributed by atoms with Gasteiger partial charge in [-0.15, -0.1) is 0 Å². The Bertz CT molecular complexity index is 247. The Morgan fingerprint density at radius 3 is 2.69 bits per heavy atom. The smallest absolute Gasteiger partial charge is 0.311 e. The summed E-state index contributed by atoms with van der Waals surface area (Å²) in [4.78, 5) is 11.5. The van der Waals surface area contributed by atoms with Crippen molar-refractivity contribution >= 4 is 5.97 Å². The first-order valence-electron chi connectivity index (χ1n) is 4.80. The van der Waals surface area contributed by atoms with Crippen LogP contribution >= 0.6 is 0 Å². The van der Waals surface area contributed by atoms with E-state index in [2.05, 4.69) is 0 Å². The van der Waals surface area contributed by atoms with E-state index in [9.17, 15) is 4.79 Å². The van der Waals surface area contributed by atoms with Gasteiger partial charge in [0.25, 0.3) is 0 Å². The molecule has 3 aliphatic rings. The molecule has 0 amide bonds. The van der Waals surface area contributed by atoms with Gasteiger partial charge in [0.05, 0.1) is 11.5 Å². The number of rotatable bonds is 0. The Kier molecular flexibility index (Phi) is 1.71. The van der Waals surface area contributed by atoms with Crippen LogP contribution in [0.4, 0.5) is 0 Å². The summed E-state index contributed by atoms with van der Waals surface area (Å²) in [5.74, 6) is -0.172. The number of hydrogen-bond donors (Lipinski definition) is 0. The van der Waals surface area contributed by atoms with Gasteiger partial charge in [-0.3, -0.25) is 4.79 Å². The molecule has 0 aromatic heterocycles. The molecule has 3 aliphatic heterocycles. The number of carbonyl (C=O) groups excluding carboxylic acids is 1. The Hall–Kier alpha value is -0.570. The monoisotopic (exact) mass is 184 g/mol. The summed E-state index contributed by atoms with van der Waals surface area (Å²) < 4.78 is 11.1. The molecule has 0 spiro atoms. The second kappa shape index (κ2) is 2.47. The maximum absolute atomic E-state index is 11.5. The summed E-state index contributed by atoms with van der Waals surface area (Å²) in [6.07, 6.45) is 1.81. The lowest BCUT2D eigenvalue weighted by Gasteiger charge is -2.42. The maximum Gasteiger partial charge on any atom is 0.311 e. The Morgan fingerprint density at radius 1 is 1.38 bits per heavy atom. The topological polar surface area (TPSA) is 35.5 Å². The lowest BCUT2D eigenvalue weighted by molar-refractivity contribution is -0.180. The van der Waals surface area contributed by atoms with Crippen molar-refractivity contribution in [3.8, 4) is 0 Å². The average Bonchev–Trinajstić information content (AvgIpc) is 2.14. The summed E-state index contributed by atoms with van der Waals surface area (Å²) in [6, 6.07) is 0. The minimum Gasteiger partial charge on any atom is -0.462 e. The zero-order valence-electron chi connectivity index (χ0n) is 8.42. The van der Waals surface area contributed by atoms with Crippen LogP contribution in [0.15, 0.2) is 0 Å². The molecule has 3 heteroatoms. The van der Waals surface area contributed by atoms with E-state index in [0.29, 0.717) is 6.61 Å². The van der Waals surface area contributed by atoms with Gasteiger partial charge in [-0.25, -0.2) is 0 Å². The molecule has 0 aromatic rings. The minimum atomic E-state index is -0.361. The molecule has 2 atom stereocenters. The molecule has 0 aliphatic carbocycles. The fraction of sp³-hybridized carbons (Fsp3) is 0.900. The highest BCUT2D eigenvalue weighted by Gasteiger charge is 2.51. The van der Waals surface area contributed by atoms with Crippen molar-refractivity contribution in [2.24, 2.45) is 5.92 Å². The van der Waals surface area contributed by atoms with Gasteiger partial charge in [0.1, 0.15) is 12.2 Å². The Morgan fingerprint density at radius 2 is 2.08 bits per heavy atom. The summed E-state index contributed by atoms with van der Waals surface area (Å²) in [5.41, 5.74) is -0.618. The van der Waals surface area contributed by atoms with Crippen LogP contribution in [-0.4, -0.2) is 23.8 Å². The van der Waals surface area contributed by atoms with Crippen molar-refractivity contribution in [2.75, 3.05) is 6.61 Å². The third-order valence-corrected chi connectivity index (χ3v) is 3.11. The fourth-order valence-corrected chi connectivity index (χ4v) is 2.38. The first kappa shape index (κ1) is 9.00. The van der Waals surface area contributed by atoms with Gasteiger partial charge >= 0.3 is 5.97 Å². The highest BCUT2D eigenvalue weighted by molar-refractivity contribution is 5.74. The first-order chi connectivity index (χ1) is 5.93. The molecule has 3 fully saturated rings. The van der Waals surface area contributed by atoms with E-state index >= 15 is 0 Å². The van der Waals surface area contributed by atoms with Crippen LogP contribution in [0.3, 0.4) is 0 Å². The number of carbonyl (C=O) groups is 1. The maximum atomic E-state index is 11.5. The number of hydrogen-bond acceptors (Lipinski definition) is 3. The van der Waals surface area contributed by atoms with Crippen LogP contribution in [0.5, 0.6) is 0 Å². The molecule has 0 aromatic carbocycles. The highest BCUT2D eigenvalue weighted by atomic mass is 16.6. The summed E-state index contributed by atoms with van der Waals surface area (Å²) >= 11 is 0. The lowest BCUT2D eigenvalue weighted by atomic mass is 9.80. The Labute approximate surface area is 78.4 Å². The largest absolute Gasteiger partial charge is 0.462 e. The summed E-state index contributed by atoms with van der Waals surface area (Å²) in [6.45, 7) is 6.37. The molecular weight excluding hydrogens is 168 g/mol. The molecule has 2 bridgehead atoms. The zero-order valence-corrected chi connectivity index (χ0v) is 8.42. The minimum absolute atomic E-state index is 0.0805. The van der Waals surface area contributed by atoms with Gasteiger partial charge < -0.3 is 9.47 Å². The van der Waals surface area contributed by atoms with Crippen molar-refractivity contribution in [3.63, 3.8) is 0 Å². The quantitative estimate of drug-likeness (QED) is 0.535. The standard InChI is InChI=1S/C10H16O3/c1-9(2)7-4-5-10(3,13-9)6-12-8(7)11/h7H,4-6H2,1-3H3. The summed E-state index contributed by atoms with van der Waals surface area (Å²) in [5, 5.41) is 0. The SMILES string of the molecule is CC12CCC(C(=O)OC1)C(C)(C)O2. The van der Waals surface area contributed by atoms with E-state index in [1.165, 1.54) is 0 Å².